The van der Waals surface area contributed by atoms with Crippen molar-refractivity contribution in [2.75, 3.05) is 26.2 Å². The van der Waals surface area contributed by atoms with Gasteiger partial charge in [0.1, 0.15) is 0 Å². The quantitative estimate of drug-likeness (QED) is 0.654. The van der Waals surface area contributed by atoms with Crippen molar-refractivity contribution in [2.24, 2.45) is 0 Å². The maximum atomic E-state index is 13.4. The highest BCUT2D eigenvalue weighted by molar-refractivity contribution is 7.89. The lowest BCUT2D eigenvalue weighted by Crippen LogP contribution is -2.37. The van der Waals surface area contributed by atoms with E-state index >= 15 is 0 Å². The van der Waals surface area contributed by atoms with Gasteiger partial charge in [-0.25, -0.2) is 13.1 Å². The molecule has 2 aromatic heterocycles. The van der Waals surface area contributed by atoms with Crippen LogP contribution in [0.2, 0.25) is 0 Å². The third-order valence-electron chi connectivity index (χ3n) is 5.03. The summed E-state index contributed by atoms with van der Waals surface area (Å²) in [6, 6.07) is 10.3. The van der Waals surface area contributed by atoms with Crippen molar-refractivity contribution < 1.29 is 17.6 Å². The maximum Gasteiger partial charge on any atom is 0.289 e. The van der Waals surface area contributed by atoms with E-state index in [0.29, 0.717) is 37.3 Å². The summed E-state index contributed by atoms with van der Waals surface area (Å²) >= 11 is 0. The molecular formula is C20H22N4O4S. The van der Waals surface area contributed by atoms with Gasteiger partial charge in [-0.2, -0.15) is 9.40 Å². The Hall–Kier alpha value is -2.91. The first-order valence-electron chi connectivity index (χ1n) is 9.40. The molecule has 0 atom stereocenters. The summed E-state index contributed by atoms with van der Waals surface area (Å²) < 4.78 is 35.0. The minimum absolute atomic E-state index is 0.217. The van der Waals surface area contributed by atoms with Gasteiger partial charge in [-0.15, -0.1) is 0 Å². The van der Waals surface area contributed by atoms with E-state index < -0.39 is 10.0 Å². The minimum Gasteiger partial charge on any atom is -0.459 e. The normalized spacial score (nSPS) is 16.0. The predicted octanol–water partition coefficient (Wildman–Crippen LogP) is 2.31. The van der Waals surface area contributed by atoms with Gasteiger partial charge in [0.2, 0.25) is 10.0 Å². The zero-order valence-electron chi connectivity index (χ0n) is 16.1. The molecule has 1 saturated heterocycles. The number of aryl methyl sites for hydroxylation is 1. The van der Waals surface area contributed by atoms with Gasteiger partial charge in [0.15, 0.2) is 5.76 Å². The average Bonchev–Trinajstić information content (AvgIpc) is 3.38. The first-order chi connectivity index (χ1) is 14.0. The summed E-state index contributed by atoms with van der Waals surface area (Å²) in [6.45, 7) is 3.18. The summed E-state index contributed by atoms with van der Waals surface area (Å²) in [4.78, 5) is 14.4. The Kier molecular flexibility index (Phi) is 5.25. The van der Waals surface area contributed by atoms with Crippen LogP contribution in [-0.4, -0.2) is 59.5 Å². The number of nitrogens with zero attached hydrogens (tertiary/aromatic N) is 4. The Morgan fingerprint density at radius 2 is 1.97 bits per heavy atom. The largest absolute Gasteiger partial charge is 0.459 e. The molecule has 1 amide bonds. The Bertz CT molecular complexity index is 1090. The molecule has 9 heteroatoms. The van der Waals surface area contributed by atoms with Crippen LogP contribution in [-0.2, 0) is 10.0 Å². The first kappa shape index (κ1) is 19.4. The van der Waals surface area contributed by atoms with Crippen LogP contribution >= 0.6 is 0 Å². The van der Waals surface area contributed by atoms with Crippen molar-refractivity contribution in [3.8, 4) is 5.69 Å². The number of carbonyl (C=O) groups excluding carboxylic acids is 1. The molecule has 0 unspecified atom stereocenters. The molecule has 29 heavy (non-hydrogen) atoms. The van der Waals surface area contributed by atoms with E-state index in [1.54, 1.807) is 59.2 Å². The number of carbonyl (C=O) groups is 1. The Morgan fingerprint density at radius 3 is 2.69 bits per heavy atom. The van der Waals surface area contributed by atoms with Crippen molar-refractivity contribution in [2.45, 2.75) is 18.2 Å². The molecule has 1 aliphatic rings. The summed E-state index contributed by atoms with van der Waals surface area (Å²) in [7, 11) is -3.70. The van der Waals surface area contributed by atoms with Crippen LogP contribution in [0.5, 0.6) is 0 Å². The van der Waals surface area contributed by atoms with E-state index in [1.165, 1.54) is 10.6 Å². The van der Waals surface area contributed by atoms with Crippen LogP contribution in [0.15, 0.2) is 64.4 Å². The third kappa shape index (κ3) is 3.83. The monoisotopic (exact) mass is 414 g/mol. The molecule has 1 aromatic carbocycles. The molecule has 0 saturated carbocycles. The van der Waals surface area contributed by atoms with E-state index in [1.807, 2.05) is 6.07 Å². The number of hydrogen-bond acceptors (Lipinski definition) is 5. The average molecular weight is 414 g/mol. The summed E-state index contributed by atoms with van der Waals surface area (Å²) in [5, 5.41) is 4.18. The topological polar surface area (TPSA) is 88.7 Å². The third-order valence-corrected chi connectivity index (χ3v) is 7.07. The van der Waals surface area contributed by atoms with E-state index in [4.69, 9.17) is 4.42 Å². The molecule has 3 aromatic rings. The van der Waals surface area contributed by atoms with Gasteiger partial charge in [-0.1, -0.05) is 6.07 Å². The van der Waals surface area contributed by atoms with Crippen LogP contribution in [0, 0.1) is 6.92 Å². The summed E-state index contributed by atoms with van der Waals surface area (Å²) in [6.07, 6.45) is 5.43. The fourth-order valence-electron chi connectivity index (χ4n) is 3.46. The number of sulfonamides is 1. The fraction of sp³-hybridized carbons (Fsp3) is 0.300. The second kappa shape index (κ2) is 7.84. The van der Waals surface area contributed by atoms with Crippen molar-refractivity contribution in [1.29, 1.82) is 0 Å². The highest BCUT2D eigenvalue weighted by Gasteiger charge is 2.30. The van der Waals surface area contributed by atoms with Gasteiger partial charge >= 0.3 is 0 Å². The fourth-order valence-corrected chi connectivity index (χ4v) is 5.18. The van der Waals surface area contributed by atoms with Gasteiger partial charge in [0.05, 0.1) is 16.8 Å². The molecule has 152 valence electrons. The molecule has 0 aliphatic carbocycles. The van der Waals surface area contributed by atoms with E-state index in [0.717, 1.165) is 0 Å². The smallest absolute Gasteiger partial charge is 0.289 e. The van der Waals surface area contributed by atoms with Crippen molar-refractivity contribution >= 4 is 15.9 Å². The predicted molar refractivity (Wildman–Crippen MR) is 106 cm³/mol. The van der Waals surface area contributed by atoms with Crippen LogP contribution in [0.1, 0.15) is 22.5 Å². The van der Waals surface area contributed by atoms with E-state index in [2.05, 4.69) is 5.10 Å². The second-order valence-corrected chi connectivity index (χ2v) is 8.83. The minimum atomic E-state index is -3.70. The van der Waals surface area contributed by atoms with Gasteiger partial charge in [-0.3, -0.25) is 4.79 Å². The highest BCUT2D eigenvalue weighted by Crippen LogP contribution is 2.24. The zero-order chi connectivity index (χ0) is 20.4. The maximum absolute atomic E-state index is 13.4. The summed E-state index contributed by atoms with van der Waals surface area (Å²) in [5.74, 6) is 0.0511. The van der Waals surface area contributed by atoms with Crippen LogP contribution < -0.4 is 0 Å². The number of amides is 1. The number of aromatic nitrogens is 2. The molecule has 0 N–H and O–H groups in total. The first-order valence-corrected chi connectivity index (χ1v) is 10.8. The lowest BCUT2D eigenvalue weighted by Gasteiger charge is -2.22. The molecule has 0 radical (unpaired) electrons. The lowest BCUT2D eigenvalue weighted by molar-refractivity contribution is 0.0732. The van der Waals surface area contributed by atoms with Gasteiger partial charge in [0.25, 0.3) is 5.91 Å². The molecule has 0 bridgehead atoms. The summed E-state index contributed by atoms with van der Waals surface area (Å²) in [5.41, 5.74) is 1.36. The number of hydrogen-bond donors (Lipinski definition) is 0. The molecule has 8 nitrogen and oxygen atoms in total. The molecular weight excluding hydrogens is 392 g/mol. The van der Waals surface area contributed by atoms with Crippen LogP contribution in [0.25, 0.3) is 5.69 Å². The Balaban J connectivity index is 1.56. The molecule has 3 heterocycles. The Morgan fingerprint density at radius 1 is 1.10 bits per heavy atom. The zero-order valence-corrected chi connectivity index (χ0v) is 16.9. The van der Waals surface area contributed by atoms with Gasteiger partial charge in [-0.05, 0) is 49.2 Å². The van der Waals surface area contributed by atoms with Crippen LogP contribution in [0.4, 0.5) is 0 Å². The SMILES string of the molecule is Cc1ccc(-n2cccn2)cc1S(=O)(=O)N1CCCN(C(=O)c2ccco2)CC1. The second-order valence-electron chi connectivity index (χ2n) is 6.93. The van der Waals surface area contributed by atoms with Gasteiger partial charge < -0.3 is 9.32 Å². The van der Waals surface area contributed by atoms with Crippen molar-refractivity contribution in [3.05, 3.63) is 66.4 Å². The van der Waals surface area contributed by atoms with Gasteiger partial charge in [0, 0.05) is 38.6 Å². The molecule has 1 aliphatic heterocycles. The molecule has 4 rings (SSSR count). The van der Waals surface area contributed by atoms with E-state index in [-0.39, 0.29) is 23.1 Å². The van der Waals surface area contributed by atoms with E-state index in [9.17, 15) is 13.2 Å². The standard InChI is InChI=1S/C20H22N4O4S/c1-16-6-7-17(24-11-3-8-21-24)15-19(16)29(26,27)23-10-4-9-22(12-13-23)20(25)18-5-2-14-28-18/h2-3,5-8,11,14-15H,4,9-10,12-13H2,1H3. The van der Waals surface area contributed by atoms with Crippen LogP contribution in [0.3, 0.4) is 0 Å². The number of furan rings is 1. The van der Waals surface area contributed by atoms with Crippen molar-refractivity contribution in [1.82, 2.24) is 19.0 Å². The number of benzene rings is 1. The molecule has 1 fully saturated rings. The molecule has 0 spiro atoms. The number of rotatable bonds is 4. The lowest BCUT2D eigenvalue weighted by atomic mass is 10.2. The highest BCUT2D eigenvalue weighted by atomic mass is 32.2. The Labute approximate surface area is 169 Å². The van der Waals surface area contributed by atoms with Crippen molar-refractivity contribution in [3.63, 3.8) is 0 Å².